The third kappa shape index (κ3) is 5.73. The molecular formula is C27H24FN3O4. The lowest BCUT2D eigenvalue weighted by Gasteiger charge is -2.11. The fraction of sp³-hybridized carbons (Fsp3) is 0.148. The SMILES string of the molecule is Cc1cc(/C=N\OCc2cccc([N+](=O)[O-])c2)c(C)n1-c1ccc(OCc2ccccc2F)cc1. The standard InChI is InChI=1S/C27H24FN3O4/c1-19-14-23(16-29-35-17-21-6-5-8-25(15-21)31(32)33)20(2)30(19)24-10-12-26(13-11-24)34-18-22-7-3-4-9-27(22)28/h3-16H,17-18H2,1-2H3/b29-16-. The van der Waals surface area contributed by atoms with Crippen LogP contribution in [0, 0.1) is 29.8 Å². The summed E-state index contributed by atoms with van der Waals surface area (Å²) in [5, 5.41) is 14.9. The third-order valence-corrected chi connectivity index (χ3v) is 5.54. The highest BCUT2D eigenvalue weighted by Crippen LogP contribution is 2.23. The summed E-state index contributed by atoms with van der Waals surface area (Å²) in [6.07, 6.45) is 1.63. The van der Waals surface area contributed by atoms with Gasteiger partial charge in [0.25, 0.3) is 5.69 Å². The number of hydrogen-bond donors (Lipinski definition) is 0. The van der Waals surface area contributed by atoms with Crippen LogP contribution in [-0.2, 0) is 18.1 Å². The minimum Gasteiger partial charge on any atom is -0.489 e. The first kappa shape index (κ1) is 23.7. The Morgan fingerprint density at radius 3 is 2.51 bits per heavy atom. The van der Waals surface area contributed by atoms with Crippen molar-refractivity contribution in [2.24, 2.45) is 5.16 Å². The topological polar surface area (TPSA) is 78.9 Å². The van der Waals surface area contributed by atoms with Gasteiger partial charge < -0.3 is 14.1 Å². The molecule has 0 aliphatic rings. The second-order valence-corrected chi connectivity index (χ2v) is 7.97. The van der Waals surface area contributed by atoms with Crippen molar-refractivity contribution < 1.29 is 18.9 Å². The fourth-order valence-electron chi connectivity index (χ4n) is 3.75. The van der Waals surface area contributed by atoms with Crippen LogP contribution in [0.15, 0.2) is 84.0 Å². The molecule has 1 aromatic heterocycles. The van der Waals surface area contributed by atoms with E-state index in [2.05, 4.69) is 9.72 Å². The van der Waals surface area contributed by atoms with Crippen LogP contribution in [0.3, 0.4) is 0 Å². The van der Waals surface area contributed by atoms with E-state index < -0.39 is 4.92 Å². The van der Waals surface area contributed by atoms with Crippen LogP contribution in [0.4, 0.5) is 10.1 Å². The number of non-ortho nitro benzene ring substituents is 1. The number of benzene rings is 3. The predicted molar refractivity (Wildman–Crippen MR) is 131 cm³/mol. The van der Waals surface area contributed by atoms with Gasteiger partial charge in [0.15, 0.2) is 0 Å². The summed E-state index contributed by atoms with van der Waals surface area (Å²) in [5.74, 6) is 0.363. The molecule has 7 nitrogen and oxygen atoms in total. The molecule has 0 aliphatic heterocycles. The largest absolute Gasteiger partial charge is 0.489 e. The molecule has 4 aromatic rings. The second kappa shape index (κ2) is 10.6. The van der Waals surface area contributed by atoms with E-state index in [1.165, 1.54) is 18.2 Å². The van der Waals surface area contributed by atoms with Crippen LogP contribution < -0.4 is 4.74 Å². The van der Waals surface area contributed by atoms with Crippen molar-refractivity contribution in [2.45, 2.75) is 27.1 Å². The van der Waals surface area contributed by atoms with Crippen LogP contribution >= 0.6 is 0 Å². The third-order valence-electron chi connectivity index (χ3n) is 5.54. The summed E-state index contributed by atoms with van der Waals surface area (Å²) < 4.78 is 21.6. The maximum Gasteiger partial charge on any atom is 0.269 e. The number of rotatable bonds is 9. The fourth-order valence-corrected chi connectivity index (χ4v) is 3.75. The molecule has 0 saturated heterocycles. The molecule has 0 amide bonds. The summed E-state index contributed by atoms with van der Waals surface area (Å²) in [4.78, 5) is 15.8. The Morgan fingerprint density at radius 1 is 1.00 bits per heavy atom. The molecule has 0 fully saturated rings. The van der Waals surface area contributed by atoms with Crippen molar-refractivity contribution in [3.8, 4) is 11.4 Å². The summed E-state index contributed by atoms with van der Waals surface area (Å²) in [5.41, 5.74) is 5.02. The Kier molecular flexibility index (Phi) is 7.21. The van der Waals surface area contributed by atoms with Gasteiger partial charge in [-0.25, -0.2) is 4.39 Å². The lowest BCUT2D eigenvalue weighted by Crippen LogP contribution is -2.01. The predicted octanol–water partition coefficient (Wildman–Crippen LogP) is 6.27. The summed E-state index contributed by atoms with van der Waals surface area (Å²) in [6, 6.07) is 22.4. The first-order valence-electron chi connectivity index (χ1n) is 11.0. The van der Waals surface area contributed by atoms with Gasteiger partial charge in [0.2, 0.25) is 0 Å². The van der Waals surface area contributed by atoms with Crippen molar-refractivity contribution in [1.29, 1.82) is 0 Å². The molecule has 0 radical (unpaired) electrons. The highest BCUT2D eigenvalue weighted by atomic mass is 19.1. The van der Waals surface area contributed by atoms with Crippen LogP contribution in [0.2, 0.25) is 0 Å². The van der Waals surface area contributed by atoms with E-state index in [0.29, 0.717) is 16.9 Å². The zero-order valence-corrected chi connectivity index (χ0v) is 19.3. The minimum atomic E-state index is -0.441. The Morgan fingerprint density at radius 2 is 1.77 bits per heavy atom. The van der Waals surface area contributed by atoms with Gasteiger partial charge in [-0.05, 0) is 55.8 Å². The normalized spacial score (nSPS) is 11.1. The maximum absolute atomic E-state index is 13.8. The van der Waals surface area contributed by atoms with Crippen LogP contribution in [-0.4, -0.2) is 15.7 Å². The van der Waals surface area contributed by atoms with Gasteiger partial charge in [0.1, 0.15) is 24.8 Å². The van der Waals surface area contributed by atoms with Gasteiger partial charge in [-0.2, -0.15) is 0 Å². The average molecular weight is 474 g/mol. The Labute approximate surface area is 202 Å². The molecule has 0 unspecified atom stereocenters. The lowest BCUT2D eigenvalue weighted by molar-refractivity contribution is -0.384. The van der Waals surface area contributed by atoms with Crippen molar-refractivity contribution in [3.05, 3.63) is 123 Å². The van der Waals surface area contributed by atoms with Crippen LogP contribution in [0.5, 0.6) is 5.75 Å². The van der Waals surface area contributed by atoms with E-state index in [-0.39, 0.29) is 24.7 Å². The molecule has 0 N–H and O–H groups in total. The molecule has 0 bridgehead atoms. The van der Waals surface area contributed by atoms with Gasteiger partial charge in [0, 0.05) is 40.3 Å². The first-order valence-corrected chi connectivity index (χ1v) is 11.0. The zero-order chi connectivity index (χ0) is 24.8. The van der Waals surface area contributed by atoms with Gasteiger partial charge in [-0.3, -0.25) is 10.1 Å². The van der Waals surface area contributed by atoms with E-state index in [1.807, 2.05) is 44.2 Å². The van der Waals surface area contributed by atoms with Crippen molar-refractivity contribution in [3.63, 3.8) is 0 Å². The first-order chi connectivity index (χ1) is 16.9. The second-order valence-electron chi connectivity index (χ2n) is 7.97. The van der Waals surface area contributed by atoms with Gasteiger partial charge in [-0.15, -0.1) is 0 Å². The highest BCUT2D eigenvalue weighted by molar-refractivity contribution is 5.81. The number of halogens is 1. The molecule has 0 aliphatic carbocycles. The minimum absolute atomic E-state index is 0.0160. The van der Waals surface area contributed by atoms with Gasteiger partial charge in [0.05, 0.1) is 11.1 Å². The zero-order valence-electron chi connectivity index (χ0n) is 19.3. The highest BCUT2D eigenvalue weighted by Gasteiger charge is 2.10. The molecule has 0 spiro atoms. The van der Waals surface area contributed by atoms with Crippen molar-refractivity contribution >= 4 is 11.9 Å². The summed E-state index contributed by atoms with van der Waals surface area (Å²) in [7, 11) is 0. The van der Waals surface area contributed by atoms with E-state index in [4.69, 9.17) is 9.57 Å². The maximum atomic E-state index is 13.8. The van der Waals surface area contributed by atoms with Crippen molar-refractivity contribution in [1.82, 2.24) is 4.57 Å². The molecule has 35 heavy (non-hydrogen) atoms. The van der Waals surface area contributed by atoms with Crippen molar-refractivity contribution in [2.75, 3.05) is 0 Å². The molecule has 8 heteroatoms. The van der Waals surface area contributed by atoms with E-state index in [1.54, 1.807) is 36.5 Å². The molecule has 0 saturated carbocycles. The van der Waals surface area contributed by atoms with Gasteiger partial charge in [-0.1, -0.05) is 35.5 Å². The number of aryl methyl sites for hydroxylation is 1. The number of nitro benzene ring substituents is 1. The number of nitrogens with zero attached hydrogens (tertiary/aromatic N) is 3. The molecule has 1 heterocycles. The average Bonchev–Trinajstić information content (AvgIpc) is 3.14. The molecule has 3 aromatic carbocycles. The van der Waals surface area contributed by atoms with Crippen LogP contribution in [0.1, 0.15) is 28.1 Å². The molecule has 4 rings (SSSR count). The quantitative estimate of drug-likeness (QED) is 0.163. The lowest BCUT2D eigenvalue weighted by atomic mass is 10.2. The number of ether oxygens (including phenoxy) is 1. The molecular weight excluding hydrogens is 449 g/mol. The summed E-state index contributed by atoms with van der Waals surface area (Å²) >= 11 is 0. The van der Waals surface area contributed by atoms with E-state index >= 15 is 0 Å². The monoisotopic (exact) mass is 473 g/mol. The van der Waals surface area contributed by atoms with Gasteiger partial charge >= 0.3 is 0 Å². The Balaban J connectivity index is 1.40. The Hall–Kier alpha value is -4.46. The number of nitro groups is 1. The molecule has 0 atom stereocenters. The Bertz CT molecular complexity index is 1360. The van der Waals surface area contributed by atoms with E-state index in [0.717, 1.165) is 22.6 Å². The molecule has 178 valence electrons. The van der Waals surface area contributed by atoms with Crippen LogP contribution in [0.25, 0.3) is 5.69 Å². The number of oxime groups is 1. The number of hydrogen-bond acceptors (Lipinski definition) is 5. The number of aromatic nitrogens is 1. The van der Waals surface area contributed by atoms with E-state index in [9.17, 15) is 14.5 Å². The smallest absolute Gasteiger partial charge is 0.269 e. The summed E-state index contributed by atoms with van der Waals surface area (Å²) in [6.45, 7) is 4.27.